The van der Waals surface area contributed by atoms with Crippen LogP contribution in [0.1, 0.15) is 5.76 Å². The van der Waals surface area contributed by atoms with Gasteiger partial charge in [-0.05, 0) is 42.7 Å². The molecule has 0 atom stereocenters. The monoisotopic (exact) mass is 468 g/mol. The van der Waals surface area contributed by atoms with E-state index in [0.717, 1.165) is 38.3 Å². The van der Waals surface area contributed by atoms with E-state index in [1.165, 1.54) is 10.6 Å². The zero-order valence-electron chi connectivity index (χ0n) is 16.8. The van der Waals surface area contributed by atoms with Crippen LogP contribution >= 0.6 is 36.6 Å². The maximum Gasteiger partial charge on any atom is 0.519 e. The summed E-state index contributed by atoms with van der Waals surface area (Å²) in [6, 6.07) is 18.5. The molecular formula is C22H26Cl2N2O3S. The molecule has 8 heteroatoms. The number of halogens is 2. The van der Waals surface area contributed by atoms with Gasteiger partial charge in [-0.15, -0.1) is 36.6 Å². The molecule has 0 N–H and O–H groups in total. The van der Waals surface area contributed by atoms with Gasteiger partial charge >= 0.3 is 5.82 Å². The van der Waals surface area contributed by atoms with Crippen molar-refractivity contribution in [1.29, 1.82) is 0 Å². The molecule has 162 valence electrons. The molecule has 0 bridgehead atoms. The molecule has 1 fully saturated rings. The molecule has 2 heterocycles. The van der Waals surface area contributed by atoms with E-state index >= 15 is 0 Å². The molecule has 1 aromatic heterocycles. The average molecular weight is 469 g/mol. The first kappa shape index (κ1) is 24.4. The normalized spacial score (nSPS) is 14.1. The van der Waals surface area contributed by atoms with Gasteiger partial charge in [0.1, 0.15) is 0 Å². The van der Waals surface area contributed by atoms with Crippen molar-refractivity contribution in [3.05, 3.63) is 71.0 Å². The molecule has 4 rings (SSSR count). The van der Waals surface area contributed by atoms with Gasteiger partial charge in [-0.3, -0.25) is 4.90 Å². The summed E-state index contributed by atoms with van der Waals surface area (Å²) in [5, 5.41) is 0. The first-order valence-electron chi connectivity index (χ1n) is 9.52. The van der Waals surface area contributed by atoms with Crippen molar-refractivity contribution in [2.24, 2.45) is 0 Å². The molecule has 1 aliphatic heterocycles. The van der Waals surface area contributed by atoms with Crippen molar-refractivity contribution < 1.29 is 8.83 Å². The first-order valence-corrected chi connectivity index (χ1v) is 10.7. The van der Waals surface area contributed by atoms with Crippen LogP contribution in [0.5, 0.6) is 0 Å². The van der Waals surface area contributed by atoms with Gasteiger partial charge in [0.25, 0.3) is 0 Å². The second-order valence-corrected chi connectivity index (χ2v) is 7.73. The highest BCUT2D eigenvalue weighted by Gasteiger charge is 2.20. The number of nitrogens with zero attached hydrogens (tertiary/aromatic N) is 2. The van der Waals surface area contributed by atoms with E-state index in [9.17, 15) is 4.79 Å². The Bertz CT molecular complexity index is 953. The van der Waals surface area contributed by atoms with Gasteiger partial charge in [0.05, 0.1) is 0 Å². The lowest BCUT2D eigenvalue weighted by Crippen LogP contribution is -2.47. The number of rotatable bonds is 6. The third-order valence-electron chi connectivity index (χ3n) is 5.15. The maximum absolute atomic E-state index is 11.7. The predicted octanol–water partition coefficient (Wildman–Crippen LogP) is 4.83. The van der Waals surface area contributed by atoms with Crippen LogP contribution in [0.3, 0.4) is 0 Å². The highest BCUT2D eigenvalue weighted by molar-refractivity contribution is 7.98. The van der Waals surface area contributed by atoms with Crippen molar-refractivity contribution in [2.75, 3.05) is 43.9 Å². The standard InChI is InChI=1S/C22H24N2O3S.2ClH/c1-28-19-9-7-17(8-10-19)21-20(26-22(25)27-21)11-12-23-13-15-24(16-14-23)18-5-3-2-4-6-18;;/h2-10H,11-16H2,1H3;2*1H. The molecule has 0 saturated carbocycles. The molecule has 3 aromatic rings. The van der Waals surface area contributed by atoms with Crippen LogP contribution in [0.4, 0.5) is 5.69 Å². The van der Waals surface area contributed by atoms with E-state index in [2.05, 4.69) is 34.1 Å². The highest BCUT2D eigenvalue weighted by Crippen LogP contribution is 2.26. The number of para-hydroxylation sites is 1. The Morgan fingerprint density at radius 1 is 0.900 bits per heavy atom. The fraction of sp³-hybridized carbons (Fsp3) is 0.318. The van der Waals surface area contributed by atoms with E-state index in [1.54, 1.807) is 11.8 Å². The van der Waals surface area contributed by atoms with Gasteiger partial charge in [-0.1, -0.05) is 18.2 Å². The van der Waals surface area contributed by atoms with Crippen LogP contribution < -0.4 is 10.7 Å². The van der Waals surface area contributed by atoms with Gasteiger partial charge in [0.2, 0.25) is 0 Å². The van der Waals surface area contributed by atoms with Gasteiger partial charge in [-0.25, -0.2) is 4.79 Å². The summed E-state index contributed by atoms with van der Waals surface area (Å²) in [5.41, 5.74) is 2.16. The van der Waals surface area contributed by atoms with E-state index < -0.39 is 5.82 Å². The highest BCUT2D eigenvalue weighted by atomic mass is 35.5. The summed E-state index contributed by atoms with van der Waals surface area (Å²) < 4.78 is 10.7. The zero-order valence-corrected chi connectivity index (χ0v) is 19.2. The largest absolute Gasteiger partial charge is 0.519 e. The van der Waals surface area contributed by atoms with Crippen molar-refractivity contribution in [2.45, 2.75) is 11.3 Å². The van der Waals surface area contributed by atoms with Gasteiger partial charge < -0.3 is 13.7 Å². The van der Waals surface area contributed by atoms with E-state index in [-0.39, 0.29) is 24.8 Å². The van der Waals surface area contributed by atoms with Crippen molar-refractivity contribution in [3.63, 3.8) is 0 Å². The summed E-state index contributed by atoms with van der Waals surface area (Å²) in [6.45, 7) is 4.84. The zero-order chi connectivity index (χ0) is 19.3. The number of hydrogen-bond donors (Lipinski definition) is 0. The van der Waals surface area contributed by atoms with Crippen molar-refractivity contribution >= 4 is 42.3 Å². The first-order chi connectivity index (χ1) is 13.7. The van der Waals surface area contributed by atoms with Crippen molar-refractivity contribution in [3.8, 4) is 11.3 Å². The maximum atomic E-state index is 11.7. The van der Waals surface area contributed by atoms with Gasteiger partial charge in [0, 0.05) is 55.3 Å². The minimum atomic E-state index is -0.632. The summed E-state index contributed by atoms with van der Waals surface area (Å²) in [4.78, 5) is 17.7. The predicted molar refractivity (Wildman–Crippen MR) is 128 cm³/mol. The minimum absolute atomic E-state index is 0. The second kappa shape index (κ2) is 11.5. The molecule has 0 unspecified atom stereocenters. The summed E-state index contributed by atoms with van der Waals surface area (Å²) >= 11 is 1.68. The van der Waals surface area contributed by atoms with Crippen LogP contribution in [0.15, 0.2) is 73.1 Å². The molecule has 1 saturated heterocycles. The van der Waals surface area contributed by atoms with Crippen LogP contribution in [-0.2, 0) is 6.42 Å². The quantitative estimate of drug-likeness (QED) is 0.482. The molecule has 0 spiro atoms. The van der Waals surface area contributed by atoms with Gasteiger partial charge in [0.15, 0.2) is 11.5 Å². The van der Waals surface area contributed by atoms with Crippen LogP contribution in [0.2, 0.25) is 0 Å². The fourth-order valence-electron chi connectivity index (χ4n) is 3.56. The number of hydrogen-bond acceptors (Lipinski definition) is 6. The molecule has 0 amide bonds. The third-order valence-corrected chi connectivity index (χ3v) is 5.89. The Labute approximate surface area is 193 Å². The molecule has 5 nitrogen and oxygen atoms in total. The Morgan fingerprint density at radius 2 is 1.57 bits per heavy atom. The van der Waals surface area contributed by atoms with E-state index in [4.69, 9.17) is 8.83 Å². The second-order valence-electron chi connectivity index (χ2n) is 6.85. The summed E-state index contributed by atoms with van der Waals surface area (Å²) in [6.07, 6.45) is 2.70. The molecule has 0 aliphatic carbocycles. The van der Waals surface area contributed by atoms with Crippen LogP contribution in [0.25, 0.3) is 11.3 Å². The molecule has 30 heavy (non-hydrogen) atoms. The fourth-order valence-corrected chi connectivity index (χ4v) is 3.97. The SMILES string of the molecule is CSc1ccc(-c2oc(=O)oc2CCN2CCN(c3ccccc3)CC2)cc1.Cl.Cl. The van der Waals surface area contributed by atoms with Crippen molar-refractivity contribution in [1.82, 2.24) is 4.90 Å². The third kappa shape index (κ3) is 5.85. The lowest BCUT2D eigenvalue weighted by molar-refractivity contribution is 0.254. The van der Waals surface area contributed by atoms with Crippen LogP contribution in [-0.4, -0.2) is 43.9 Å². The Hall–Kier alpha value is -1.86. The molecule has 2 aromatic carbocycles. The van der Waals surface area contributed by atoms with Crippen LogP contribution in [0, 0.1) is 0 Å². The average Bonchev–Trinajstić information content (AvgIpc) is 3.14. The Morgan fingerprint density at radius 3 is 2.20 bits per heavy atom. The summed E-state index contributed by atoms with van der Waals surface area (Å²) in [5.74, 6) is 0.556. The smallest absolute Gasteiger partial charge is 0.395 e. The molecule has 0 radical (unpaired) electrons. The Balaban J connectivity index is 0.00000160. The van der Waals surface area contributed by atoms with E-state index in [0.29, 0.717) is 17.9 Å². The number of anilines is 1. The van der Waals surface area contributed by atoms with Gasteiger partial charge in [-0.2, -0.15) is 0 Å². The topological polar surface area (TPSA) is 49.8 Å². The summed E-state index contributed by atoms with van der Waals surface area (Å²) in [7, 11) is 0. The minimum Gasteiger partial charge on any atom is -0.395 e. The number of benzene rings is 2. The molecule has 1 aliphatic rings. The number of thioether (sulfide) groups is 1. The lowest BCUT2D eigenvalue weighted by atomic mass is 10.1. The number of piperazine rings is 1. The lowest BCUT2D eigenvalue weighted by Gasteiger charge is -2.36. The van der Waals surface area contributed by atoms with E-state index in [1.807, 2.05) is 36.6 Å². The Kier molecular flexibility index (Phi) is 9.37. The molecular weight excluding hydrogens is 443 g/mol.